The van der Waals surface area contributed by atoms with Crippen LogP contribution in [0.15, 0.2) is 18.3 Å². The van der Waals surface area contributed by atoms with E-state index in [4.69, 9.17) is 10.5 Å². The lowest BCUT2D eigenvalue weighted by molar-refractivity contribution is -0.0587. The van der Waals surface area contributed by atoms with Crippen molar-refractivity contribution in [3.63, 3.8) is 0 Å². The molecule has 0 spiro atoms. The van der Waals surface area contributed by atoms with Gasteiger partial charge in [0.25, 0.3) is 5.91 Å². The number of nitrogens with zero attached hydrogens (tertiary/aromatic N) is 2. The van der Waals surface area contributed by atoms with Crippen molar-refractivity contribution >= 4 is 11.6 Å². The highest BCUT2D eigenvalue weighted by molar-refractivity contribution is 5.92. The van der Waals surface area contributed by atoms with Gasteiger partial charge in [-0.2, -0.15) is 0 Å². The number of morpholine rings is 1. The Morgan fingerprint density at radius 2 is 2.06 bits per heavy atom. The molecule has 1 aromatic heterocycles. The highest BCUT2D eigenvalue weighted by Crippen LogP contribution is 2.13. The lowest BCUT2D eigenvalue weighted by Gasteiger charge is -2.35. The Balaban J connectivity index is 2.11. The molecule has 2 atom stereocenters. The van der Waals surface area contributed by atoms with E-state index in [2.05, 4.69) is 4.98 Å². The van der Waals surface area contributed by atoms with Gasteiger partial charge in [-0.25, -0.2) is 4.98 Å². The predicted molar refractivity (Wildman–Crippen MR) is 64.6 cm³/mol. The van der Waals surface area contributed by atoms with Crippen LogP contribution in [0.5, 0.6) is 0 Å². The zero-order valence-electron chi connectivity index (χ0n) is 10.1. The zero-order chi connectivity index (χ0) is 12.4. The van der Waals surface area contributed by atoms with E-state index in [-0.39, 0.29) is 18.1 Å². The summed E-state index contributed by atoms with van der Waals surface area (Å²) < 4.78 is 5.59. The minimum atomic E-state index is -0.0630. The number of anilines is 1. The van der Waals surface area contributed by atoms with Gasteiger partial charge in [0.1, 0.15) is 5.69 Å². The number of carbonyl (C=O) groups excluding carboxylic acids is 1. The van der Waals surface area contributed by atoms with Gasteiger partial charge in [0.15, 0.2) is 0 Å². The van der Waals surface area contributed by atoms with Gasteiger partial charge in [-0.15, -0.1) is 0 Å². The van der Waals surface area contributed by atoms with E-state index in [0.717, 1.165) is 0 Å². The van der Waals surface area contributed by atoms with Gasteiger partial charge >= 0.3 is 0 Å². The second-order valence-corrected chi connectivity index (χ2v) is 4.44. The van der Waals surface area contributed by atoms with Gasteiger partial charge in [-0.05, 0) is 26.0 Å². The number of rotatable bonds is 1. The maximum Gasteiger partial charge on any atom is 0.272 e. The van der Waals surface area contributed by atoms with Gasteiger partial charge in [0.2, 0.25) is 0 Å². The van der Waals surface area contributed by atoms with Crippen LogP contribution in [0.3, 0.4) is 0 Å². The highest BCUT2D eigenvalue weighted by atomic mass is 16.5. The van der Waals surface area contributed by atoms with Crippen LogP contribution in [0.1, 0.15) is 24.3 Å². The van der Waals surface area contributed by atoms with E-state index in [9.17, 15) is 4.79 Å². The lowest BCUT2D eigenvalue weighted by Crippen LogP contribution is -2.48. The minimum Gasteiger partial charge on any atom is -0.397 e. The van der Waals surface area contributed by atoms with Crippen molar-refractivity contribution < 1.29 is 9.53 Å². The molecule has 0 aromatic carbocycles. The number of ether oxygens (including phenoxy) is 1. The monoisotopic (exact) mass is 235 g/mol. The predicted octanol–water partition coefficient (Wildman–Crippen LogP) is 0.913. The molecule has 5 nitrogen and oxygen atoms in total. The largest absolute Gasteiger partial charge is 0.397 e. The molecule has 0 saturated carbocycles. The number of hydrogen-bond donors (Lipinski definition) is 1. The highest BCUT2D eigenvalue weighted by Gasteiger charge is 2.26. The molecular weight excluding hydrogens is 218 g/mol. The van der Waals surface area contributed by atoms with Crippen LogP contribution in [0.4, 0.5) is 5.69 Å². The SMILES string of the molecule is C[C@@H]1CN(C(=O)c2ccc(N)cn2)C[C@H](C)O1. The molecular formula is C12H17N3O2. The third-order valence-corrected chi connectivity index (χ3v) is 2.71. The maximum atomic E-state index is 12.2. The molecule has 5 heteroatoms. The molecule has 1 amide bonds. The third-order valence-electron chi connectivity index (χ3n) is 2.71. The zero-order valence-corrected chi connectivity index (χ0v) is 10.1. The summed E-state index contributed by atoms with van der Waals surface area (Å²) in [4.78, 5) is 18.0. The first-order valence-electron chi connectivity index (χ1n) is 5.72. The number of amides is 1. The van der Waals surface area contributed by atoms with E-state index in [1.807, 2.05) is 13.8 Å². The van der Waals surface area contributed by atoms with E-state index >= 15 is 0 Å². The maximum absolute atomic E-state index is 12.2. The number of carbonyl (C=O) groups is 1. The van der Waals surface area contributed by atoms with Crippen molar-refractivity contribution in [2.45, 2.75) is 26.1 Å². The molecule has 1 aromatic rings. The molecule has 1 saturated heterocycles. The van der Waals surface area contributed by atoms with Gasteiger partial charge in [-0.1, -0.05) is 0 Å². The molecule has 2 N–H and O–H groups in total. The number of nitrogens with two attached hydrogens (primary N) is 1. The average Bonchev–Trinajstić information content (AvgIpc) is 2.28. The summed E-state index contributed by atoms with van der Waals surface area (Å²) in [7, 11) is 0. The second-order valence-electron chi connectivity index (χ2n) is 4.44. The third kappa shape index (κ3) is 2.74. The first kappa shape index (κ1) is 11.9. The molecule has 1 aliphatic rings. The van der Waals surface area contributed by atoms with Crippen molar-refractivity contribution in [2.75, 3.05) is 18.8 Å². The molecule has 0 aliphatic carbocycles. The Hall–Kier alpha value is -1.62. The van der Waals surface area contributed by atoms with Gasteiger partial charge in [-0.3, -0.25) is 4.79 Å². The quantitative estimate of drug-likeness (QED) is 0.785. The Morgan fingerprint density at radius 1 is 1.41 bits per heavy atom. The van der Waals surface area contributed by atoms with E-state index < -0.39 is 0 Å². The summed E-state index contributed by atoms with van der Waals surface area (Å²) in [5, 5.41) is 0. The lowest BCUT2D eigenvalue weighted by atomic mass is 10.2. The Kier molecular flexibility index (Phi) is 3.28. The van der Waals surface area contributed by atoms with E-state index in [1.165, 1.54) is 6.20 Å². The van der Waals surface area contributed by atoms with E-state index in [0.29, 0.717) is 24.5 Å². The van der Waals surface area contributed by atoms with Crippen LogP contribution in [0, 0.1) is 0 Å². The standard InChI is InChI=1S/C12H17N3O2/c1-8-6-15(7-9(2)17-8)12(16)11-4-3-10(13)5-14-11/h3-5,8-9H,6-7,13H2,1-2H3/t8-,9+. The minimum absolute atomic E-state index is 0.0630. The first-order valence-corrected chi connectivity index (χ1v) is 5.72. The number of pyridine rings is 1. The fraction of sp³-hybridized carbons (Fsp3) is 0.500. The van der Waals surface area contributed by atoms with Crippen molar-refractivity contribution in [1.82, 2.24) is 9.88 Å². The first-order chi connectivity index (χ1) is 8.06. The topological polar surface area (TPSA) is 68.5 Å². The number of hydrogen-bond acceptors (Lipinski definition) is 4. The van der Waals surface area contributed by atoms with Crippen LogP contribution >= 0.6 is 0 Å². The molecule has 1 fully saturated rings. The van der Waals surface area contributed by atoms with Gasteiger partial charge in [0.05, 0.1) is 24.1 Å². The Labute approximate surface area is 101 Å². The fourth-order valence-corrected chi connectivity index (χ4v) is 2.04. The number of nitrogen functional groups attached to an aromatic ring is 1. The molecule has 17 heavy (non-hydrogen) atoms. The Morgan fingerprint density at radius 3 is 2.59 bits per heavy atom. The van der Waals surface area contributed by atoms with Crippen LogP contribution < -0.4 is 5.73 Å². The van der Waals surface area contributed by atoms with Crippen molar-refractivity contribution in [3.8, 4) is 0 Å². The Bertz CT molecular complexity index is 395. The molecule has 0 radical (unpaired) electrons. The van der Waals surface area contributed by atoms with Crippen LogP contribution in [0.2, 0.25) is 0 Å². The molecule has 0 unspecified atom stereocenters. The molecule has 92 valence electrons. The van der Waals surface area contributed by atoms with Gasteiger partial charge in [0, 0.05) is 13.1 Å². The average molecular weight is 235 g/mol. The molecule has 0 bridgehead atoms. The summed E-state index contributed by atoms with van der Waals surface area (Å²) >= 11 is 0. The summed E-state index contributed by atoms with van der Waals surface area (Å²) in [6, 6.07) is 3.34. The smallest absolute Gasteiger partial charge is 0.272 e. The van der Waals surface area contributed by atoms with Crippen LogP contribution in [-0.4, -0.2) is 41.1 Å². The molecule has 2 heterocycles. The van der Waals surface area contributed by atoms with Crippen LogP contribution in [0.25, 0.3) is 0 Å². The second kappa shape index (κ2) is 4.71. The fourth-order valence-electron chi connectivity index (χ4n) is 2.04. The van der Waals surface area contributed by atoms with Crippen molar-refractivity contribution in [3.05, 3.63) is 24.0 Å². The normalized spacial score (nSPS) is 24.7. The summed E-state index contributed by atoms with van der Waals surface area (Å²) in [5.41, 5.74) is 6.53. The summed E-state index contributed by atoms with van der Waals surface area (Å²) in [5.74, 6) is -0.0630. The van der Waals surface area contributed by atoms with E-state index in [1.54, 1.807) is 17.0 Å². The van der Waals surface area contributed by atoms with Crippen LogP contribution in [-0.2, 0) is 4.74 Å². The van der Waals surface area contributed by atoms with Crippen molar-refractivity contribution in [2.24, 2.45) is 0 Å². The summed E-state index contributed by atoms with van der Waals surface area (Å²) in [6.45, 7) is 5.14. The molecule has 2 rings (SSSR count). The van der Waals surface area contributed by atoms with Gasteiger partial charge < -0.3 is 15.4 Å². The molecule has 1 aliphatic heterocycles. The summed E-state index contributed by atoms with van der Waals surface area (Å²) in [6.07, 6.45) is 1.63. The van der Waals surface area contributed by atoms with Crippen molar-refractivity contribution in [1.29, 1.82) is 0 Å². The number of aromatic nitrogens is 1.